The molecule has 79 heavy (non-hydrogen) atoms. The molecule has 1 rings (SSSR count). The number of rotatable bonds is 34. The lowest BCUT2D eigenvalue weighted by Crippen LogP contribution is -2.23. The van der Waals surface area contributed by atoms with Crippen LogP contribution in [0.1, 0.15) is 117 Å². The van der Waals surface area contributed by atoms with E-state index in [0.717, 1.165) is 25.7 Å². The number of allylic oxidation sites excluding steroid dienone is 18. The number of hydrogen-bond acceptors (Lipinski definition) is 14. The molecule has 11 atom stereocenters. The predicted octanol–water partition coefficient (Wildman–Crippen LogP) is 10.00. The highest BCUT2D eigenvalue weighted by atomic mass is 31.0. The van der Waals surface area contributed by atoms with Crippen molar-refractivity contribution in [3.63, 3.8) is 0 Å². The maximum absolute atomic E-state index is 11.0. The standard InChI is InChI=1S/C21H31O5P.C21H30O5.C21H29O4P/c1-3-18(26-27)14-11-9-7-5-4-6-8-10-12-15-19(22)20(23)16-13-17-21(24)25-2;1-3-18(22)14-11-9-7-5-4-6-8-10-12-15-19(23)20(24)16-13-17-21(25)26-2;1-3-18(25-26)14-11-9-7-5-4-6-8-10-12-15-19-20(24-19)16-13-17-21(22)23-2/h4,6,8,10-12,14-15,18-20,22-23H,3,5,13,16-17,27H2,1-2H3;4,6,8,10-12,14-15,18-20,22-24H,3,5,13,16-17H2,1-2H3;4,6,8,10-12,14-15,18-20H,3,5,13,16-17,26H2,1-2H3/b3*6-4-,10-8+,14-11+,15-12+. The van der Waals surface area contributed by atoms with E-state index in [9.17, 15) is 39.9 Å². The van der Waals surface area contributed by atoms with Gasteiger partial charge in [-0.1, -0.05) is 166 Å². The van der Waals surface area contributed by atoms with Crippen molar-refractivity contribution in [3.05, 3.63) is 146 Å². The van der Waals surface area contributed by atoms with Gasteiger partial charge in [0.25, 0.3) is 0 Å². The molecular formula is C63H90O14P2. The molecule has 436 valence electrons. The van der Waals surface area contributed by atoms with Crippen LogP contribution in [0.4, 0.5) is 0 Å². The lowest BCUT2D eigenvalue weighted by molar-refractivity contribution is -0.141. The number of methoxy groups -OCH3 is 3. The van der Waals surface area contributed by atoms with Gasteiger partial charge in [-0.2, -0.15) is 0 Å². The molecule has 0 amide bonds. The molecule has 1 fully saturated rings. The van der Waals surface area contributed by atoms with E-state index in [1.807, 2.05) is 98.9 Å². The van der Waals surface area contributed by atoms with E-state index in [-0.39, 0.29) is 55.2 Å². The Morgan fingerprint density at radius 1 is 0.506 bits per heavy atom. The molecule has 16 heteroatoms. The van der Waals surface area contributed by atoms with Crippen molar-refractivity contribution in [1.82, 2.24) is 0 Å². The van der Waals surface area contributed by atoms with Gasteiger partial charge >= 0.3 is 17.9 Å². The Morgan fingerprint density at radius 2 is 0.886 bits per heavy atom. The Bertz CT molecular complexity index is 2180. The molecule has 0 aromatic carbocycles. The van der Waals surface area contributed by atoms with Gasteiger partial charge in [0.15, 0.2) is 0 Å². The number of aliphatic hydroxyl groups is 5. The molecule has 0 bridgehead atoms. The fraction of sp³-hybridized carbons (Fsp3) is 0.476. The van der Waals surface area contributed by atoms with E-state index in [0.29, 0.717) is 57.8 Å². The Labute approximate surface area is 477 Å². The first-order valence-electron chi connectivity index (χ1n) is 26.7. The molecule has 11 unspecified atom stereocenters. The quantitative estimate of drug-likeness (QED) is 0.0101. The second kappa shape index (κ2) is 55.8. The minimum absolute atomic E-state index is 0.0799. The van der Waals surface area contributed by atoms with Crippen LogP contribution in [0.25, 0.3) is 0 Å². The van der Waals surface area contributed by atoms with E-state index >= 15 is 0 Å². The summed E-state index contributed by atoms with van der Waals surface area (Å²) in [5.41, 5.74) is 0. The molecule has 0 aliphatic carbocycles. The fourth-order valence-electron chi connectivity index (χ4n) is 5.87. The highest BCUT2D eigenvalue weighted by Gasteiger charge is 2.35. The summed E-state index contributed by atoms with van der Waals surface area (Å²) in [6.45, 7) is 6.01. The van der Waals surface area contributed by atoms with Gasteiger partial charge in [0, 0.05) is 57.5 Å². The largest absolute Gasteiger partial charge is 0.469 e. The maximum atomic E-state index is 11.0. The average molecular weight is 1130 g/mol. The monoisotopic (exact) mass is 1130 g/mol. The number of epoxide rings is 1. The van der Waals surface area contributed by atoms with Crippen LogP contribution >= 0.6 is 18.9 Å². The van der Waals surface area contributed by atoms with Crippen molar-refractivity contribution in [2.75, 3.05) is 21.3 Å². The van der Waals surface area contributed by atoms with Crippen LogP contribution in [0, 0.1) is 35.5 Å². The molecule has 1 saturated heterocycles. The van der Waals surface area contributed by atoms with Crippen LogP contribution in [0.15, 0.2) is 146 Å². The Morgan fingerprint density at radius 3 is 1.27 bits per heavy atom. The van der Waals surface area contributed by atoms with Gasteiger partial charge in [-0.05, 0) is 94.2 Å². The summed E-state index contributed by atoms with van der Waals surface area (Å²) in [6, 6.07) is 0. The zero-order chi connectivity index (χ0) is 59.0. The Balaban J connectivity index is 0. The smallest absolute Gasteiger partial charge is 0.305 e. The second-order valence-electron chi connectivity index (χ2n) is 17.0. The molecule has 14 nitrogen and oxygen atoms in total. The predicted molar refractivity (Wildman–Crippen MR) is 323 cm³/mol. The third kappa shape index (κ3) is 50.5. The first kappa shape index (κ1) is 75.6. The van der Waals surface area contributed by atoms with Crippen molar-refractivity contribution in [1.29, 1.82) is 0 Å². The van der Waals surface area contributed by atoms with Crippen LogP contribution in [0.2, 0.25) is 0 Å². The highest BCUT2D eigenvalue weighted by Crippen LogP contribution is 2.28. The lowest BCUT2D eigenvalue weighted by Gasteiger charge is -2.13. The SMILES string of the molecule is CCC(/C=C/C#CC\C=C/C=C/C=C/C(O)C(O)CCCC(=O)OC)OP.CCC(/C=C/C#CC\C=C/C=C/C=C/C1OC1CCCC(=O)OC)OP.CCC(O)/C=C/C#CC\C=C/C=C/C=C/C(O)C(O)CCCC(=O)OC. The van der Waals surface area contributed by atoms with Gasteiger partial charge in [-0.15, -0.1) is 0 Å². The van der Waals surface area contributed by atoms with Crippen molar-refractivity contribution in [2.45, 2.75) is 172 Å². The van der Waals surface area contributed by atoms with E-state index in [4.69, 9.17) is 13.8 Å². The number of carbonyl (C=O) groups is 3. The summed E-state index contributed by atoms with van der Waals surface area (Å²) in [6.07, 6.45) is 48.8. The van der Waals surface area contributed by atoms with Crippen LogP contribution in [-0.2, 0) is 42.4 Å². The molecule has 0 aromatic rings. The highest BCUT2D eigenvalue weighted by molar-refractivity contribution is 7.10. The van der Waals surface area contributed by atoms with Crippen molar-refractivity contribution >= 4 is 36.8 Å². The van der Waals surface area contributed by atoms with E-state index in [1.54, 1.807) is 48.6 Å². The Kier molecular flexibility index (Phi) is 53.4. The van der Waals surface area contributed by atoms with Gasteiger partial charge in [-0.25, -0.2) is 0 Å². The van der Waals surface area contributed by atoms with Gasteiger partial charge in [0.2, 0.25) is 0 Å². The molecule has 1 heterocycles. The van der Waals surface area contributed by atoms with Gasteiger partial charge < -0.3 is 53.5 Å². The molecule has 0 radical (unpaired) electrons. The van der Waals surface area contributed by atoms with Gasteiger partial charge in [0.05, 0.1) is 70.2 Å². The third-order valence-corrected chi connectivity index (χ3v) is 11.5. The van der Waals surface area contributed by atoms with Crippen molar-refractivity contribution in [2.24, 2.45) is 0 Å². The number of carbonyl (C=O) groups excluding carboxylic acids is 3. The zero-order valence-corrected chi connectivity index (χ0v) is 49.5. The number of esters is 3. The van der Waals surface area contributed by atoms with Crippen LogP contribution in [-0.4, -0.2) is 120 Å². The summed E-state index contributed by atoms with van der Waals surface area (Å²) in [5, 5.41) is 48.4. The van der Waals surface area contributed by atoms with Crippen molar-refractivity contribution in [3.8, 4) is 35.5 Å². The normalized spacial score (nSPS) is 17.1. The topological polar surface area (TPSA) is 211 Å². The average Bonchev–Trinajstić information content (AvgIpc) is 4.22. The summed E-state index contributed by atoms with van der Waals surface area (Å²) in [4.78, 5) is 32.9. The zero-order valence-electron chi connectivity index (χ0n) is 47.2. The van der Waals surface area contributed by atoms with Crippen LogP contribution in [0.5, 0.6) is 0 Å². The number of ether oxygens (including phenoxy) is 4. The molecular weight excluding hydrogens is 1040 g/mol. The van der Waals surface area contributed by atoms with Gasteiger partial charge in [0.1, 0.15) is 6.10 Å². The number of aliphatic hydroxyl groups excluding tert-OH is 5. The summed E-state index contributed by atoms with van der Waals surface area (Å²) >= 11 is 0. The maximum Gasteiger partial charge on any atom is 0.305 e. The van der Waals surface area contributed by atoms with E-state index < -0.39 is 30.5 Å². The fourth-order valence-corrected chi connectivity index (χ4v) is 6.43. The third-order valence-electron chi connectivity index (χ3n) is 10.8. The minimum Gasteiger partial charge on any atom is -0.469 e. The summed E-state index contributed by atoms with van der Waals surface area (Å²) in [7, 11) is 8.58. The molecule has 1 aliphatic rings. The van der Waals surface area contributed by atoms with E-state index in [1.165, 1.54) is 33.5 Å². The first-order valence-corrected chi connectivity index (χ1v) is 27.6. The molecule has 1 aliphatic heterocycles. The molecule has 0 aromatic heterocycles. The summed E-state index contributed by atoms with van der Waals surface area (Å²) < 4.78 is 29.4. The van der Waals surface area contributed by atoms with E-state index in [2.05, 4.69) is 75.6 Å². The van der Waals surface area contributed by atoms with Crippen LogP contribution < -0.4 is 0 Å². The van der Waals surface area contributed by atoms with Crippen LogP contribution in [0.3, 0.4) is 0 Å². The first-order chi connectivity index (χ1) is 38.3. The van der Waals surface area contributed by atoms with Gasteiger partial charge in [-0.3, -0.25) is 14.4 Å². The molecule has 0 spiro atoms. The Hall–Kier alpha value is -5.49. The summed E-state index contributed by atoms with van der Waals surface area (Å²) in [5.74, 6) is 17.0. The second-order valence-corrected chi connectivity index (χ2v) is 17.6. The minimum atomic E-state index is -0.975. The lowest BCUT2D eigenvalue weighted by atomic mass is 10.1. The molecule has 0 saturated carbocycles. The van der Waals surface area contributed by atoms with Crippen molar-refractivity contribution < 1.29 is 67.9 Å². The molecule has 5 N–H and O–H groups in total. The number of hydrogen-bond donors (Lipinski definition) is 5.